The molecular weight excluding hydrogens is 252 g/mol. The lowest BCUT2D eigenvalue weighted by atomic mass is 10.1. The lowest BCUT2D eigenvalue weighted by Crippen LogP contribution is -2.51. The van der Waals surface area contributed by atoms with Gasteiger partial charge in [0.15, 0.2) is 0 Å². The number of urea groups is 1. The Labute approximate surface area is 120 Å². The van der Waals surface area contributed by atoms with Crippen molar-refractivity contribution in [2.75, 3.05) is 44.6 Å². The zero-order valence-corrected chi connectivity index (χ0v) is 12.1. The number of carbonyl (C=O) groups excluding carboxylic acids is 1. The number of carbonyl (C=O) groups is 1. The SMILES string of the molecule is CC(CN)CN1CCN(C(=O)Nc2ccccc2)CC1. The van der Waals surface area contributed by atoms with Gasteiger partial charge >= 0.3 is 6.03 Å². The molecule has 1 aliphatic heterocycles. The monoisotopic (exact) mass is 276 g/mol. The van der Waals surface area contributed by atoms with Crippen molar-refractivity contribution in [1.29, 1.82) is 0 Å². The van der Waals surface area contributed by atoms with Crippen molar-refractivity contribution in [3.05, 3.63) is 30.3 Å². The van der Waals surface area contributed by atoms with Crippen molar-refractivity contribution in [2.45, 2.75) is 6.92 Å². The Kier molecular flexibility index (Phi) is 5.38. The maximum absolute atomic E-state index is 12.1. The van der Waals surface area contributed by atoms with Crippen molar-refractivity contribution in [2.24, 2.45) is 11.7 Å². The second-order valence-electron chi connectivity index (χ2n) is 5.42. The fourth-order valence-electron chi connectivity index (χ4n) is 2.37. The predicted molar refractivity (Wildman–Crippen MR) is 81.7 cm³/mol. The summed E-state index contributed by atoms with van der Waals surface area (Å²) >= 11 is 0. The normalized spacial score (nSPS) is 17.8. The highest BCUT2D eigenvalue weighted by Crippen LogP contribution is 2.09. The smallest absolute Gasteiger partial charge is 0.321 e. The summed E-state index contributed by atoms with van der Waals surface area (Å²) < 4.78 is 0. The number of piperazine rings is 1. The molecule has 20 heavy (non-hydrogen) atoms. The van der Waals surface area contributed by atoms with E-state index < -0.39 is 0 Å². The van der Waals surface area contributed by atoms with E-state index in [0.717, 1.165) is 38.4 Å². The molecule has 1 aromatic rings. The van der Waals surface area contributed by atoms with Gasteiger partial charge < -0.3 is 16.0 Å². The van der Waals surface area contributed by atoms with Gasteiger partial charge in [0.05, 0.1) is 0 Å². The molecule has 1 fully saturated rings. The molecule has 5 heteroatoms. The summed E-state index contributed by atoms with van der Waals surface area (Å²) in [5, 5.41) is 2.93. The quantitative estimate of drug-likeness (QED) is 0.874. The van der Waals surface area contributed by atoms with Crippen LogP contribution in [0.4, 0.5) is 10.5 Å². The van der Waals surface area contributed by atoms with Crippen LogP contribution in [0.1, 0.15) is 6.92 Å². The number of amides is 2. The van der Waals surface area contributed by atoms with Crippen LogP contribution in [0.2, 0.25) is 0 Å². The van der Waals surface area contributed by atoms with Crippen molar-refractivity contribution >= 4 is 11.7 Å². The molecule has 5 nitrogen and oxygen atoms in total. The number of para-hydroxylation sites is 1. The average Bonchev–Trinajstić information content (AvgIpc) is 2.49. The standard InChI is InChI=1S/C15H24N4O/c1-13(11-16)12-18-7-9-19(10-8-18)15(20)17-14-5-3-2-4-6-14/h2-6,13H,7-12,16H2,1H3,(H,17,20). The van der Waals surface area contributed by atoms with Crippen molar-refractivity contribution in [3.63, 3.8) is 0 Å². The van der Waals surface area contributed by atoms with Crippen molar-refractivity contribution in [1.82, 2.24) is 9.80 Å². The molecule has 2 rings (SSSR count). The summed E-state index contributed by atoms with van der Waals surface area (Å²) in [5.41, 5.74) is 6.49. The molecule has 1 aromatic carbocycles. The topological polar surface area (TPSA) is 61.6 Å². The van der Waals surface area contributed by atoms with E-state index in [1.54, 1.807) is 0 Å². The highest BCUT2D eigenvalue weighted by Gasteiger charge is 2.21. The van der Waals surface area contributed by atoms with E-state index in [1.165, 1.54) is 0 Å². The van der Waals surface area contributed by atoms with E-state index in [-0.39, 0.29) is 6.03 Å². The number of anilines is 1. The minimum absolute atomic E-state index is 0.0114. The van der Waals surface area contributed by atoms with Gasteiger partial charge in [0, 0.05) is 38.4 Å². The van der Waals surface area contributed by atoms with Gasteiger partial charge in [0.2, 0.25) is 0 Å². The Morgan fingerprint density at radius 1 is 1.25 bits per heavy atom. The van der Waals surface area contributed by atoms with Gasteiger partial charge in [0.1, 0.15) is 0 Å². The van der Waals surface area contributed by atoms with E-state index in [0.29, 0.717) is 12.5 Å². The molecule has 2 amide bonds. The highest BCUT2D eigenvalue weighted by molar-refractivity contribution is 5.89. The molecule has 0 radical (unpaired) electrons. The number of hydrogen-bond acceptors (Lipinski definition) is 3. The lowest BCUT2D eigenvalue weighted by Gasteiger charge is -2.35. The molecule has 110 valence electrons. The zero-order chi connectivity index (χ0) is 14.4. The third-order valence-corrected chi connectivity index (χ3v) is 3.66. The number of nitrogens with zero attached hydrogens (tertiary/aromatic N) is 2. The molecule has 1 atom stereocenters. The van der Waals surface area contributed by atoms with Crippen LogP contribution >= 0.6 is 0 Å². The van der Waals surface area contributed by atoms with E-state index >= 15 is 0 Å². The van der Waals surface area contributed by atoms with Crippen molar-refractivity contribution < 1.29 is 4.79 Å². The van der Waals surface area contributed by atoms with Crippen LogP contribution < -0.4 is 11.1 Å². The molecular formula is C15H24N4O. The second-order valence-corrected chi connectivity index (χ2v) is 5.42. The first-order valence-corrected chi connectivity index (χ1v) is 7.22. The number of benzene rings is 1. The molecule has 1 aliphatic rings. The molecule has 1 heterocycles. The van der Waals surface area contributed by atoms with E-state index in [1.807, 2.05) is 35.2 Å². The number of nitrogens with two attached hydrogens (primary N) is 1. The van der Waals surface area contributed by atoms with Crippen LogP contribution in [0.25, 0.3) is 0 Å². The van der Waals surface area contributed by atoms with Gasteiger partial charge in [-0.05, 0) is 24.6 Å². The average molecular weight is 276 g/mol. The molecule has 0 bridgehead atoms. The summed E-state index contributed by atoms with van der Waals surface area (Å²) in [6, 6.07) is 9.56. The summed E-state index contributed by atoms with van der Waals surface area (Å²) in [7, 11) is 0. The summed E-state index contributed by atoms with van der Waals surface area (Å²) in [4.78, 5) is 16.4. The highest BCUT2D eigenvalue weighted by atomic mass is 16.2. The Balaban J connectivity index is 1.77. The largest absolute Gasteiger partial charge is 0.330 e. The summed E-state index contributed by atoms with van der Waals surface area (Å²) in [6.07, 6.45) is 0. The first-order valence-electron chi connectivity index (χ1n) is 7.22. The Morgan fingerprint density at radius 3 is 2.50 bits per heavy atom. The van der Waals surface area contributed by atoms with Crippen LogP contribution in [0.5, 0.6) is 0 Å². The van der Waals surface area contributed by atoms with Gasteiger partial charge in [-0.15, -0.1) is 0 Å². The van der Waals surface area contributed by atoms with E-state index in [9.17, 15) is 4.79 Å². The van der Waals surface area contributed by atoms with Crippen LogP contribution in [0, 0.1) is 5.92 Å². The van der Waals surface area contributed by atoms with Crippen LogP contribution in [0.3, 0.4) is 0 Å². The second kappa shape index (κ2) is 7.26. The van der Waals surface area contributed by atoms with Crippen LogP contribution in [-0.2, 0) is 0 Å². The van der Waals surface area contributed by atoms with Gasteiger partial charge in [-0.2, -0.15) is 0 Å². The maximum Gasteiger partial charge on any atom is 0.321 e. The molecule has 1 saturated heterocycles. The number of nitrogens with one attached hydrogen (secondary N) is 1. The van der Waals surface area contributed by atoms with Crippen molar-refractivity contribution in [3.8, 4) is 0 Å². The molecule has 0 saturated carbocycles. The fourth-order valence-corrected chi connectivity index (χ4v) is 2.37. The third-order valence-electron chi connectivity index (χ3n) is 3.66. The van der Waals surface area contributed by atoms with Crippen LogP contribution in [0.15, 0.2) is 30.3 Å². The minimum atomic E-state index is -0.0114. The fraction of sp³-hybridized carbons (Fsp3) is 0.533. The van der Waals surface area contributed by atoms with Crippen LogP contribution in [-0.4, -0.2) is 55.1 Å². The van der Waals surface area contributed by atoms with Gasteiger partial charge in [-0.25, -0.2) is 4.79 Å². The molecule has 0 aliphatic carbocycles. The molecule has 3 N–H and O–H groups in total. The number of rotatable bonds is 4. The minimum Gasteiger partial charge on any atom is -0.330 e. The van der Waals surface area contributed by atoms with Gasteiger partial charge in [-0.1, -0.05) is 25.1 Å². The summed E-state index contributed by atoms with van der Waals surface area (Å²) in [6.45, 7) is 7.29. The number of hydrogen-bond donors (Lipinski definition) is 2. The molecule has 0 spiro atoms. The first kappa shape index (κ1) is 14.8. The molecule has 0 aromatic heterocycles. The lowest BCUT2D eigenvalue weighted by molar-refractivity contribution is 0.137. The molecule has 1 unspecified atom stereocenters. The Bertz CT molecular complexity index is 415. The first-order chi connectivity index (χ1) is 9.69. The van der Waals surface area contributed by atoms with E-state index in [4.69, 9.17) is 5.73 Å². The van der Waals surface area contributed by atoms with Gasteiger partial charge in [-0.3, -0.25) is 4.90 Å². The maximum atomic E-state index is 12.1. The third kappa shape index (κ3) is 4.21. The Morgan fingerprint density at radius 2 is 1.90 bits per heavy atom. The summed E-state index contributed by atoms with van der Waals surface area (Å²) in [5.74, 6) is 0.514. The van der Waals surface area contributed by atoms with Gasteiger partial charge in [0.25, 0.3) is 0 Å². The zero-order valence-electron chi connectivity index (χ0n) is 12.1. The van der Waals surface area contributed by atoms with E-state index in [2.05, 4.69) is 17.1 Å². The predicted octanol–water partition coefficient (Wildman–Crippen LogP) is 1.43. The Hall–Kier alpha value is -1.59.